The average molecular weight is 372 g/mol. The highest BCUT2D eigenvalue weighted by atomic mass is 79.9. The van der Waals surface area contributed by atoms with E-state index in [1.165, 1.54) is 0 Å². The van der Waals surface area contributed by atoms with E-state index in [9.17, 15) is 4.79 Å². The number of hydrogen-bond acceptors (Lipinski definition) is 2. The zero-order chi connectivity index (χ0) is 13.1. The molecule has 0 bridgehead atoms. The number of pyridine rings is 1. The lowest BCUT2D eigenvalue weighted by Gasteiger charge is -2.07. The molecule has 0 fully saturated rings. The topological polar surface area (TPSA) is 48.0 Å². The standard InChI is InChI=1S/C13H12Br2N2O/c14-10-7-12(15)13(18)17(8-10)6-5-9-1-3-11(16)4-2-9/h1-4,7-8H,5-6,16H2. The second-order valence-electron chi connectivity index (χ2n) is 4.00. The Labute approximate surface area is 122 Å². The van der Waals surface area contributed by atoms with Gasteiger partial charge in [-0.3, -0.25) is 4.79 Å². The molecule has 3 nitrogen and oxygen atoms in total. The molecular weight excluding hydrogens is 360 g/mol. The zero-order valence-corrected chi connectivity index (χ0v) is 12.7. The van der Waals surface area contributed by atoms with Crippen molar-refractivity contribution in [2.75, 3.05) is 5.73 Å². The SMILES string of the molecule is Nc1ccc(CCn2cc(Br)cc(Br)c2=O)cc1. The van der Waals surface area contributed by atoms with Crippen molar-refractivity contribution in [2.24, 2.45) is 0 Å². The molecule has 0 spiro atoms. The van der Waals surface area contributed by atoms with Crippen LogP contribution in [0.4, 0.5) is 5.69 Å². The van der Waals surface area contributed by atoms with E-state index < -0.39 is 0 Å². The van der Waals surface area contributed by atoms with Crippen molar-refractivity contribution in [3.05, 3.63) is 61.4 Å². The van der Waals surface area contributed by atoms with Crippen molar-refractivity contribution < 1.29 is 0 Å². The first-order valence-corrected chi connectivity index (χ1v) is 7.05. The summed E-state index contributed by atoms with van der Waals surface area (Å²) in [5.74, 6) is 0. The maximum atomic E-state index is 11.9. The van der Waals surface area contributed by atoms with Crippen LogP contribution < -0.4 is 11.3 Å². The Morgan fingerprint density at radius 1 is 1.17 bits per heavy atom. The molecule has 0 aliphatic heterocycles. The van der Waals surface area contributed by atoms with Gasteiger partial charge in [0.1, 0.15) is 0 Å². The van der Waals surface area contributed by atoms with E-state index >= 15 is 0 Å². The number of benzene rings is 1. The molecule has 1 heterocycles. The fraction of sp³-hybridized carbons (Fsp3) is 0.154. The first-order chi connectivity index (χ1) is 8.56. The number of nitrogens with two attached hydrogens (primary N) is 1. The van der Waals surface area contributed by atoms with Crippen molar-refractivity contribution in [2.45, 2.75) is 13.0 Å². The summed E-state index contributed by atoms with van der Waals surface area (Å²) in [6.45, 7) is 0.640. The Morgan fingerprint density at radius 2 is 1.83 bits per heavy atom. The van der Waals surface area contributed by atoms with Gasteiger partial charge >= 0.3 is 0 Å². The molecule has 18 heavy (non-hydrogen) atoms. The summed E-state index contributed by atoms with van der Waals surface area (Å²) in [4.78, 5) is 11.9. The summed E-state index contributed by atoms with van der Waals surface area (Å²) < 4.78 is 3.13. The van der Waals surface area contributed by atoms with E-state index in [2.05, 4.69) is 31.9 Å². The summed E-state index contributed by atoms with van der Waals surface area (Å²) in [5, 5.41) is 0. The second kappa shape index (κ2) is 5.71. The number of aromatic nitrogens is 1. The van der Waals surface area contributed by atoms with E-state index in [0.29, 0.717) is 11.0 Å². The lowest BCUT2D eigenvalue weighted by molar-refractivity contribution is 0.664. The number of rotatable bonds is 3. The predicted octanol–water partition coefficient (Wildman–Crippen LogP) is 3.20. The molecule has 1 aromatic carbocycles. The van der Waals surface area contributed by atoms with Crippen LogP contribution in [0.5, 0.6) is 0 Å². The number of nitrogen functional groups attached to an aromatic ring is 1. The van der Waals surface area contributed by atoms with Gasteiger partial charge in [-0.1, -0.05) is 12.1 Å². The van der Waals surface area contributed by atoms with E-state index in [1.807, 2.05) is 24.3 Å². The van der Waals surface area contributed by atoms with Crippen LogP contribution in [0.25, 0.3) is 0 Å². The Balaban J connectivity index is 2.15. The number of anilines is 1. The Morgan fingerprint density at radius 3 is 2.50 bits per heavy atom. The molecule has 0 amide bonds. The van der Waals surface area contributed by atoms with Crippen LogP contribution in [0.3, 0.4) is 0 Å². The van der Waals surface area contributed by atoms with Crippen LogP contribution in [0.1, 0.15) is 5.56 Å². The first-order valence-electron chi connectivity index (χ1n) is 5.46. The lowest BCUT2D eigenvalue weighted by atomic mass is 10.1. The molecular formula is C13H12Br2N2O. The molecule has 5 heteroatoms. The third kappa shape index (κ3) is 3.23. The predicted molar refractivity (Wildman–Crippen MR) is 80.7 cm³/mol. The van der Waals surface area contributed by atoms with Gasteiger partial charge in [-0.2, -0.15) is 0 Å². The maximum absolute atomic E-state index is 11.9. The van der Waals surface area contributed by atoms with Crippen molar-refractivity contribution in [3.8, 4) is 0 Å². The van der Waals surface area contributed by atoms with Gasteiger partial charge in [0.25, 0.3) is 5.56 Å². The van der Waals surface area contributed by atoms with Gasteiger partial charge in [0, 0.05) is 22.9 Å². The molecule has 0 saturated carbocycles. The van der Waals surface area contributed by atoms with Crippen molar-refractivity contribution in [1.29, 1.82) is 0 Å². The van der Waals surface area contributed by atoms with E-state index in [0.717, 1.165) is 22.1 Å². The van der Waals surface area contributed by atoms with E-state index in [-0.39, 0.29) is 5.56 Å². The van der Waals surface area contributed by atoms with Crippen LogP contribution in [0, 0.1) is 0 Å². The largest absolute Gasteiger partial charge is 0.399 e. The van der Waals surface area contributed by atoms with Gasteiger partial charge in [0.2, 0.25) is 0 Å². The molecule has 0 aliphatic carbocycles. The molecule has 2 rings (SSSR count). The van der Waals surface area contributed by atoms with Gasteiger partial charge in [0.15, 0.2) is 0 Å². The number of hydrogen-bond donors (Lipinski definition) is 1. The fourth-order valence-corrected chi connectivity index (χ4v) is 2.92. The minimum Gasteiger partial charge on any atom is -0.399 e. The summed E-state index contributed by atoms with van der Waals surface area (Å²) in [6.07, 6.45) is 2.59. The van der Waals surface area contributed by atoms with Crippen molar-refractivity contribution >= 4 is 37.5 Å². The number of aryl methyl sites for hydroxylation is 2. The van der Waals surface area contributed by atoms with Crippen molar-refractivity contribution in [3.63, 3.8) is 0 Å². The zero-order valence-electron chi connectivity index (χ0n) is 9.57. The average Bonchev–Trinajstić information content (AvgIpc) is 2.34. The monoisotopic (exact) mass is 370 g/mol. The molecule has 2 aromatic rings. The van der Waals surface area contributed by atoms with Gasteiger partial charge in [-0.15, -0.1) is 0 Å². The van der Waals surface area contributed by atoms with Gasteiger partial charge < -0.3 is 10.3 Å². The van der Waals surface area contributed by atoms with Crippen LogP contribution in [-0.4, -0.2) is 4.57 Å². The summed E-state index contributed by atoms with van der Waals surface area (Å²) >= 11 is 6.63. The van der Waals surface area contributed by atoms with Gasteiger partial charge in [0.05, 0.1) is 4.47 Å². The summed E-state index contributed by atoms with van der Waals surface area (Å²) in [7, 11) is 0. The third-order valence-corrected chi connectivity index (χ3v) is 3.63. The molecule has 0 aliphatic rings. The number of nitrogens with zero attached hydrogens (tertiary/aromatic N) is 1. The molecule has 0 atom stereocenters. The van der Waals surface area contributed by atoms with Crippen LogP contribution >= 0.6 is 31.9 Å². The highest BCUT2D eigenvalue weighted by Gasteiger charge is 2.03. The minimum absolute atomic E-state index is 0.0198. The second-order valence-corrected chi connectivity index (χ2v) is 5.77. The summed E-state index contributed by atoms with van der Waals surface area (Å²) in [6, 6.07) is 9.45. The third-order valence-electron chi connectivity index (χ3n) is 2.63. The Kier molecular flexibility index (Phi) is 4.24. The van der Waals surface area contributed by atoms with Crippen molar-refractivity contribution in [1.82, 2.24) is 4.57 Å². The molecule has 1 aromatic heterocycles. The van der Waals surface area contributed by atoms with E-state index in [4.69, 9.17) is 5.73 Å². The number of halogens is 2. The normalized spacial score (nSPS) is 10.6. The highest BCUT2D eigenvalue weighted by Crippen LogP contribution is 2.13. The molecule has 0 saturated heterocycles. The van der Waals surface area contributed by atoms with Gasteiger partial charge in [-0.05, 0) is 62.0 Å². The Hall–Kier alpha value is -1.07. The fourth-order valence-electron chi connectivity index (χ4n) is 1.66. The van der Waals surface area contributed by atoms with Gasteiger partial charge in [-0.25, -0.2) is 0 Å². The van der Waals surface area contributed by atoms with Crippen LogP contribution in [0.2, 0.25) is 0 Å². The maximum Gasteiger partial charge on any atom is 0.264 e. The Bertz CT molecular complexity index is 605. The van der Waals surface area contributed by atoms with E-state index in [1.54, 1.807) is 16.8 Å². The molecule has 0 unspecified atom stereocenters. The highest BCUT2D eigenvalue weighted by molar-refractivity contribution is 9.11. The van der Waals surface area contributed by atoms with Crippen LogP contribution in [-0.2, 0) is 13.0 Å². The first kappa shape index (κ1) is 13.4. The minimum atomic E-state index is -0.0198. The summed E-state index contributed by atoms with van der Waals surface area (Å²) in [5.41, 5.74) is 7.52. The van der Waals surface area contributed by atoms with Crippen LogP contribution in [0.15, 0.2) is 50.3 Å². The molecule has 2 N–H and O–H groups in total. The smallest absolute Gasteiger partial charge is 0.264 e. The quantitative estimate of drug-likeness (QED) is 0.842. The molecule has 0 radical (unpaired) electrons. The lowest BCUT2D eigenvalue weighted by Crippen LogP contribution is -2.21. The molecule has 94 valence electrons.